The van der Waals surface area contributed by atoms with Crippen molar-refractivity contribution in [3.05, 3.63) is 53.6 Å². The molecule has 144 valence electrons. The molecule has 0 bridgehead atoms. The second kappa shape index (κ2) is 8.19. The fourth-order valence-electron chi connectivity index (χ4n) is 2.16. The van der Waals surface area contributed by atoms with Gasteiger partial charge in [-0.1, -0.05) is 17.7 Å². The van der Waals surface area contributed by atoms with E-state index in [0.29, 0.717) is 0 Å². The highest BCUT2D eigenvalue weighted by molar-refractivity contribution is 7.89. The summed E-state index contributed by atoms with van der Waals surface area (Å²) in [6.07, 6.45) is 0. The maximum Gasteiger partial charge on any atom is 0.342 e. The first-order valence-corrected chi connectivity index (χ1v) is 9.34. The molecule has 0 aliphatic heterocycles. The molecule has 0 atom stereocenters. The second-order valence-corrected chi connectivity index (χ2v) is 8.11. The molecule has 0 aliphatic carbocycles. The van der Waals surface area contributed by atoms with Crippen LogP contribution in [-0.4, -0.2) is 50.4 Å². The monoisotopic (exact) mass is 392 g/mol. The SMILES string of the molecule is Cc1ccc(O)c(C(=O)OCC(=O)Nc2cccc(S(=O)(=O)N(C)C)c2)c1. The van der Waals surface area contributed by atoms with E-state index in [4.69, 9.17) is 4.74 Å². The van der Waals surface area contributed by atoms with Gasteiger partial charge in [-0.3, -0.25) is 4.79 Å². The Bertz CT molecular complexity index is 970. The molecule has 0 unspecified atom stereocenters. The van der Waals surface area contributed by atoms with Crippen LogP contribution in [0.2, 0.25) is 0 Å². The summed E-state index contributed by atoms with van der Waals surface area (Å²) < 4.78 is 30.2. The van der Waals surface area contributed by atoms with Crippen molar-refractivity contribution in [1.82, 2.24) is 4.31 Å². The predicted octanol–water partition coefficient (Wildman–Crippen LogP) is 1.75. The zero-order valence-corrected chi connectivity index (χ0v) is 15.9. The molecule has 2 rings (SSSR count). The molecule has 0 aromatic heterocycles. The van der Waals surface area contributed by atoms with Gasteiger partial charge in [0.1, 0.15) is 11.3 Å². The Morgan fingerprint density at radius 2 is 1.85 bits per heavy atom. The first-order valence-electron chi connectivity index (χ1n) is 7.90. The van der Waals surface area contributed by atoms with Gasteiger partial charge >= 0.3 is 5.97 Å². The first-order chi connectivity index (χ1) is 12.6. The molecule has 1 amide bonds. The summed E-state index contributed by atoms with van der Waals surface area (Å²) in [5, 5.41) is 12.2. The van der Waals surface area contributed by atoms with E-state index < -0.39 is 28.5 Å². The number of aromatic hydroxyl groups is 1. The van der Waals surface area contributed by atoms with E-state index in [1.54, 1.807) is 13.0 Å². The number of phenolic OH excluding ortho intramolecular Hbond substituents is 1. The number of hydrogen-bond donors (Lipinski definition) is 2. The summed E-state index contributed by atoms with van der Waals surface area (Å²) >= 11 is 0. The summed E-state index contributed by atoms with van der Waals surface area (Å²) in [6.45, 7) is 1.16. The Labute approximate surface area is 157 Å². The highest BCUT2D eigenvalue weighted by Crippen LogP contribution is 2.20. The van der Waals surface area contributed by atoms with E-state index in [-0.39, 0.29) is 21.9 Å². The number of anilines is 1. The Balaban J connectivity index is 2.02. The van der Waals surface area contributed by atoms with E-state index in [0.717, 1.165) is 9.87 Å². The minimum Gasteiger partial charge on any atom is -0.507 e. The summed E-state index contributed by atoms with van der Waals surface area (Å²) in [5.74, 6) is -1.72. The van der Waals surface area contributed by atoms with Gasteiger partial charge in [0, 0.05) is 19.8 Å². The van der Waals surface area contributed by atoms with Crippen LogP contribution < -0.4 is 5.32 Å². The zero-order valence-electron chi connectivity index (χ0n) is 15.1. The van der Waals surface area contributed by atoms with E-state index in [9.17, 15) is 23.1 Å². The second-order valence-electron chi connectivity index (χ2n) is 5.96. The van der Waals surface area contributed by atoms with Crippen LogP contribution in [0.15, 0.2) is 47.4 Å². The molecule has 0 heterocycles. The number of carbonyl (C=O) groups excluding carboxylic acids is 2. The smallest absolute Gasteiger partial charge is 0.342 e. The first kappa shape index (κ1) is 20.4. The molecule has 2 aromatic rings. The number of nitrogens with zero attached hydrogens (tertiary/aromatic N) is 1. The van der Waals surface area contributed by atoms with Crippen LogP contribution in [0, 0.1) is 6.92 Å². The lowest BCUT2D eigenvalue weighted by atomic mass is 10.1. The maximum atomic E-state index is 12.1. The molecule has 8 nitrogen and oxygen atoms in total. The van der Waals surface area contributed by atoms with Crippen LogP contribution in [0.4, 0.5) is 5.69 Å². The highest BCUT2D eigenvalue weighted by Gasteiger charge is 2.18. The van der Waals surface area contributed by atoms with E-state index in [1.165, 1.54) is 50.5 Å². The normalized spacial score (nSPS) is 11.3. The molecule has 27 heavy (non-hydrogen) atoms. The number of esters is 1. The molecule has 0 aliphatic rings. The standard InChI is InChI=1S/C18H20N2O6S/c1-12-7-8-16(21)15(9-12)18(23)26-11-17(22)19-13-5-4-6-14(10-13)27(24,25)20(2)3/h4-10,21H,11H2,1-3H3,(H,19,22). The lowest BCUT2D eigenvalue weighted by Gasteiger charge is -2.13. The number of sulfonamides is 1. The topological polar surface area (TPSA) is 113 Å². The van der Waals surface area contributed by atoms with Crippen molar-refractivity contribution in [2.75, 3.05) is 26.0 Å². The summed E-state index contributed by atoms with van der Waals surface area (Å²) in [7, 11) is -0.830. The summed E-state index contributed by atoms with van der Waals surface area (Å²) in [5.41, 5.74) is 0.961. The lowest BCUT2D eigenvalue weighted by Crippen LogP contribution is -2.23. The lowest BCUT2D eigenvalue weighted by molar-refractivity contribution is -0.119. The maximum absolute atomic E-state index is 12.1. The predicted molar refractivity (Wildman–Crippen MR) is 99.1 cm³/mol. The summed E-state index contributed by atoms with van der Waals surface area (Å²) in [4.78, 5) is 24.0. The van der Waals surface area contributed by atoms with Gasteiger partial charge in [0.2, 0.25) is 10.0 Å². The van der Waals surface area contributed by atoms with Gasteiger partial charge in [-0.05, 0) is 37.3 Å². The number of nitrogens with one attached hydrogen (secondary N) is 1. The Morgan fingerprint density at radius 1 is 1.15 bits per heavy atom. The number of ether oxygens (including phenoxy) is 1. The number of benzene rings is 2. The van der Waals surface area contributed by atoms with E-state index >= 15 is 0 Å². The van der Waals surface area contributed by atoms with Crippen molar-refractivity contribution in [3.8, 4) is 5.75 Å². The van der Waals surface area contributed by atoms with Gasteiger partial charge in [0.25, 0.3) is 5.91 Å². The Kier molecular flexibility index (Phi) is 6.19. The van der Waals surface area contributed by atoms with Crippen molar-refractivity contribution in [1.29, 1.82) is 0 Å². The minimum atomic E-state index is -3.64. The van der Waals surface area contributed by atoms with Crippen molar-refractivity contribution in [3.63, 3.8) is 0 Å². The van der Waals surface area contributed by atoms with Crippen molar-refractivity contribution in [2.24, 2.45) is 0 Å². The van der Waals surface area contributed by atoms with Crippen molar-refractivity contribution < 1.29 is 27.9 Å². The van der Waals surface area contributed by atoms with Crippen molar-refractivity contribution in [2.45, 2.75) is 11.8 Å². The van der Waals surface area contributed by atoms with Crippen LogP contribution in [0.1, 0.15) is 15.9 Å². The summed E-state index contributed by atoms with van der Waals surface area (Å²) in [6, 6.07) is 10.2. The van der Waals surface area contributed by atoms with E-state index in [2.05, 4.69) is 5.32 Å². The minimum absolute atomic E-state index is 0.0203. The van der Waals surface area contributed by atoms with Gasteiger partial charge in [-0.2, -0.15) is 0 Å². The number of aryl methyl sites for hydroxylation is 1. The average molecular weight is 392 g/mol. The van der Waals surface area contributed by atoms with Crippen LogP contribution in [0.5, 0.6) is 5.75 Å². The largest absolute Gasteiger partial charge is 0.507 e. The fourth-order valence-corrected chi connectivity index (χ4v) is 3.11. The zero-order chi connectivity index (χ0) is 20.2. The molecular formula is C18H20N2O6S. The van der Waals surface area contributed by atoms with Crippen LogP contribution in [-0.2, 0) is 19.6 Å². The molecular weight excluding hydrogens is 372 g/mol. The molecule has 0 spiro atoms. The molecule has 0 saturated heterocycles. The van der Waals surface area contributed by atoms with E-state index in [1.807, 2.05) is 0 Å². The molecule has 2 N–H and O–H groups in total. The molecule has 0 saturated carbocycles. The quantitative estimate of drug-likeness (QED) is 0.724. The van der Waals surface area contributed by atoms with Crippen LogP contribution >= 0.6 is 0 Å². The van der Waals surface area contributed by atoms with Crippen molar-refractivity contribution >= 4 is 27.6 Å². The van der Waals surface area contributed by atoms with Gasteiger partial charge in [-0.25, -0.2) is 17.5 Å². The molecule has 9 heteroatoms. The third-order valence-corrected chi connectivity index (χ3v) is 5.41. The van der Waals surface area contributed by atoms with Crippen LogP contribution in [0.3, 0.4) is 0 Å². The number of phenols is 1. The Morgan fingerprint density at radius 3 is 2.52 bits per heavy atom. The fraction of sp³-hybridized carbons (Fsp3) is 0.222. The molecule has 0 fully saturated rings. The Hall–Kier alpha value is -2.91. The highest BCUT2D eigenvalue weighted by atomic mass is 32.2. The van der Waals surface area contributed by atoms with Gasteiger partial charge in [-0.15, -0.1) is 0 Å². The molecule has 2 aromatic carbocycles. The number of amides is 1. The van der Waals surface area contributed by atoms with Gasteiger partial charge in [0.15, 0.2) is 6.61 Å². The average Bonchev–Trinajstić information content (AvgIpc) is 2.61. The molecule has 0 radical (unpaired) electrons. The number of hydrogen-bond acceptors (Lipinski definition) is 6. The number of rotatable bonds is 6. The number of carbonyl (C=O) groups is 2. The third kappa shape index (κ3) is 5.05. The van der Waals surface area contributed by atoms with Gasteiger partial charge in [0.05, 0.1) is 4.90 Å². The van der Waals surface area contributed by atoms with Crippen LogP contribution in [0.25, 0.3) is 0 Å². The third-order valence-electron chi connectivity index (χ3n) is 3.60. The van der Waals surface area contributed by atoms with Gasteiger partial charge < -0.3 is 15.2 Å².